The van der Waals surface area contributed by atoms with Gasteiger partial charge in [0.25, 0.3) is 0 Å². The topological polar surface area (TPSA) is 104 Å². The van der Waals surface area contributed by atoms with E-state index in [1.165, 1.54) is 10.9 Å². The first kappa shape index (κ1) is 26.4. The summed E-state index contributed by atoms with van der Waals surface area (Å²) in [6.07, 6.45) is -2.32. The quantitative estimate of drug-likeness (QED) is 0.333. The molecule has 1 aromatic carbocycles. The summed E-state index contributed by atoms with van der Waals surface area (Å²) in [6.45, 7) is 8.49. The van der Waals surface area contributed by atoms with E-state index in [9.17, 15) is 17.6 Å². The first-order valence-electron chi connectivity index (χ1n) is 11.4. The number of thioether (sulfide) groups is 1. The predicted octanol–water partition coefficient (Wildman–Crippen LogP) is 3.72. The van der Waals surface area contributed by atoms with Crippen LogP contribution in [0.25, 0.3) is 5.69 Å². The highest BCUT2D eigenvalue weighted by molar-refractivity contribution is 7.99. The van der Waals surface area contributed by atoms with Gasteiger partial charge < -0.3 is 16.0 Å². The third-order valence-electron chi connectivity index (χ3n) is 5.61. The lowest BCUT2D eigenvalue weighted by atomic mass is 9.79. The highest BCUT2D eigenvalue weighted by atomic mass is 32.2. The average molecular weight is 528 g/mol. The van der Waals surface area contributed by atoms with Crippen LogP contribution in [0.2, 0.25) is 0 Å². The lowest BCUT2D eigenvalue weighted by Gasteiger charge is -2.47. The van der Waals surface area contributed by atoms with Crippen LogP contribution in [0.1, 0.15) is 40.5 Å². The molecule has 0 bridgehead atoms. The normalized spacial score (nSPS) is 21.9. The molecule has 0 spiro atoms. The first-order valence-corrected chi connectivity index (χ1v) is 12.4. The fourth-order valence-corrected chi connectivity index (χ4v) is 5.37. The van der Waals surface area contributed by atoms with E-state index in [4.69, 9.17) is 0 Å². The van der Waals surface area contributed by atoms with Gasteiger partial charge in [0.1, 0.15) is 0 Å². The number of nitrogens with one attached hydrogen (secondary N) is 4. The van der Waals surface area contributed by atoms with Gasteiger partial charge >= 0.3 is 6.18 Å². The number of anilines is 1. The van der Waals surface area contributed by atoms with Crippen molar-refractivity contribution in [1.82, 2.24) is 36.2 Å². The van der Waals surface area contributed by atoms with E-state index in [1.54, 1.807) is 24.3 Å². The molecule has 9 nitrogen and oxygen atoms in total. The largest absolute Gasteiger partial charge is 0.398 e. The van der Waals surface area contributed by atoms with Crippen molar-refractivity contribution in [3.05, 3.63) is 36.3 Å². The zero-order valence-corrected chi connectivity index (χ0v) is 21.1. The maximum absolute atomic E-state index is 14.6. The maximum Gasteiger partial charge on any atom is 0.398 e. The monoisotopic (exact) mass is 527 g/mol. The minimum atomic E-state index is -4.34. The highest BCUT2D eigenvalue weighted by Crippen LogP contribution is 2.30. The van der Waals surface area contributed by atoms with Crippen molar-refractivity contribution >= 4 is 23.4 Å². The molecule has 14 heteroatoms. The summed E-state index contributed by atoms with van der Waals surface area (Å²) in [7, 11) is 0. The minimum Gasteiger partial charge on any atom is -0.330 e. The Hall–Kier alpha value is -2.71. The zero-order valence-electron chi connectivity index (χ0n) is 20.3. The first-order chi connectivity index (χ1) is 16.8. The van der Waals surface area contributed by atoms with Crippen molar-refractivity contribution in [2.24, 2.45) is 4.99 Å². The van der Waals surface area contributed by atoms with Gasteiger partial charge in [0, 0.05) is 29.0 Å². The van der Waals surface area contributed by atoms with Crippen LogP contribution in [0.5, 0.6) is 0 Å². The van der Waals surface area contributed by atoms with Crippen molar-refractivity contribution in [2.45, 2.75) is 75.2 Å². The number of piperidine rings is 1. The third-order valence-corrected chi connectivity index (χ3v) is 6.59. The number of benzene rings is 1. The van der Waals surface area contributed by atoms with E-state index < -0.39 is 23.9 Å². The number of halogens is 4. The van der Waals surface area contributed by atoms with Crippen molar-refractivity contribution in [1.29, 1.82) is 0 Å². The SMILES string of the molecule is CC1(C)CC(NC2N=C(Nc3cccc(-n4nnnc4SCC(F)(F)F)c3)NC=C2F)CC(C)(C)N1. The van der Waals surface area contributed by atoms with Crippen LogP contribution in [0.3, 0.4) is 0 Å². The van der Waals surface area contributed by atoms with E-state index in [-0.39, 0.29) is 22.3 Å². The Morgan fingerprint density at radius 2 is 1.89 bits per heavy atom. The molecule has 1 unspecified atom stereocenters. The predicted molar refractivity (Wildman–Crippen MR) is 131 cm³/mol. The van der Waals surface area contributed by atoms with E-state index in [0.29, 0.717) is 29.1 Å². The summed E-state index contributed by atoms with van der Waals surface area (Å²) in [4.78, 5) is 4.46. The van der Waals surface area contributed by atoms with Crippen molar-refractivity contribution in [2.75, 3.05) is 11.1 Å². The van der Waals surface area contributed by atoms with Crippen molar-refractivity contribution in [3.8, 4) is 5.69 Å². The van der Waals surface area contributed by atoms with Gasteiger partial charge in [-0.05, 0) is 69.2 Å². The molecule has 1 atom stereocenters. The molecular weight excluding hydrogens is 498 g/mol. The van der Waals surface area contributed by atoms with Gasteiger partial charge in [-0.3, -0.25) is 5.32 Å². The van der Waals surface area contributed by atoms with Crippen molar-refractivity contribution in [3.63, 3.8) is 0 Å². The zero-order chi connectivity index (χ0) is 26.1. The van der Waals surface area contributed by atoms with Crippen LogP contribution in [0.4, 0.5) is 23.2 Å². The number of tetrazole rings is 1. The number of nitrogens with zero attached hydrogens (tertiary/aromatic N) is 5. The standard InChI is InChI=1S/C22H29F4N9S/c1-20(2)9-14(10-21(3,4)32-20)28-17-16(23)11-27-18(30-17)29-13-6-5-7-15(8-13)35-19(31-33-34-35)36-12-22(24,25)26/h5-8,11,14,17,28,32H,9-10,12H2,1-4H3,(H2,27,29,30). The Morgan fingerprint density at radius 1 is 1.17 bits per heavy atom. The molecule has 4 rings (SSSR count). The van der Waals surface area contributed by atoms with Crippen molar-refractivity contribution < 1.29 is 17.6 Å². The van der Waals surface area contributed by atoms with E-state index in [1.807, 2.05) is 0 Å². The Kier molecular flexibility index (Phi) is 7.30. The Morgan fingerprint density at radius 3 is 2.58 bits per heavy atom. The molecule has 3 heterocycles. The van der Waals surface area contributed by atoms with Crippen LogP contribution in [0, 0.1) is 0 Å². The summed E-state index contributed by atoms with van der Waals surface area (Å²) in [5.74, 6) is -1.21. The number of alkyl halides is 3. The molecule has 0 radical (unpaired) electrons. The summed E-state index contributed by atoms with van der Waals surface area (Å²) >= 11 is 0.497. The summed E-state index contributed by atoms with van der Waals surface area (Å²) in [5.41, 5.74) is 0.817. The number of guanidine groups is 1. The summed E-state index contributed by atoms with van der Waals surface area (Å²) in [6, 6.07) is 6.83. The van der Waals surface area contributed by atoms with Crippen LogP contribution < -0.4 is 21.3 Å². The Balaban J connectivity index is 1.46. The van der Waals surface area contributed by atoms with Gasteiger partial charge in [0.05, 0.1) is 11.4 Å². The van der Waals surface area contributed by atoms with Gasteiger partial charge in [-0.2, -0.15) is 17.9 Å². The second-order valence-corrected chi connectivity index (χ2v) is 11.1. The van der Waals surface area contributed by atoms with Gasteiger partial charge in [0.15, 0.2) is 12.0 Å². The molecule has 1 saturated heterocycles. The van der Waals surface area contributed by atoms with Crippen LogP contribution in [-0.2, 0) is 0 Å². The molecule has 36 heavy (non-hydrogen) atoms. The average Bonchev–Trinajstić information content (AvgIpc) is 3.21. The van der Waals surface area contributed by atoms with Crippen LogP contribution >= 0.6 is 11.8 Å². The molecule has 0 amide bonds. The molecule has 1 fully saturated rings. The van der Waals surface area contributed by atoms with Gasteiger partial charge in [-0.25, -0.2) is 9.38 Å². The summed E-state index contributed by atoms with van der Waals surface area (Å²) in [5, 5.41) is 23.8. The fourth-order valence-electron chi connectivity index (χ4n) is 4.72. The molecule has 2 aliphatic rings. The Labute approximate surface area is 210 Å². The lowest BCUT2D eigenvalue weighted by molar-refractivity contribution is -0.105. The van der Waals surface area contributed by atoms with E-state index >= 15 is 0 Å². The number of hydrogen-bond acceptors (Lipinski definition) is 9. The highest BCUT2D eigenvalue weighted by Gasteiger charge is 2.39. The molecule has 2 aromatic rings. The molecule has 196 valence electrons. The van der Waals surface area contributed by atoms with Crippen LogP contribution in [0.15, 0.2) is 46.4 Å². The number of rotatable bonds is 6. The fraction of sp³-hybridized carbons (Fsp3) is 0.545. The molecule has 1 aromatic heterocycles. The maximum atomic E-state index is 14.6. The Bertz CT molecular complexity index is 1130. The second kappa shape index (κ2) is 9.98. The molecular formula is C22H29F4N9S. The van der Waals surface area contributed by atoms with Crippen LogP contribution in [-0.4, -0.2) is 61.4 Å². The molecule has 2 aliphatic heterocycles. The smallest absolute Gasteiger partial charge is 0.330 e. The third kappa shape index (κ3) is 6.95. The molecule has 4 N–H and O–H groups in total. The molecule has 0 saturated carbocycles. The number of hydrogen-bond donors (Lipinski definition) is 4. The minimum absolute atomic E-state index is 0.0136. The van der Waals surface area contributed by atoms with Gasteiger partial charge in [0.2, 0.25) is 11.1 Å². The van der Waals surface area contributed by atoms with Gasteiger partial charge in [-0.15, -0.1) is 5.10 Å². The molecule has 0 aliphatic carbocycles. The summed E-state index contributed by atoms with van der Waals surface area (Å²) < 4.78 is 53.7. The number of aromatic nitrogens is 4. The van der Waals surface area contributed by atoms with E-state index in [0.717, 1.165) is 12.8 Å². The van der Waals surface area contributed by atoms with Gasteiger partial charge in [-0.1, -0.05) is 17.8 Å². The number of aliphatic imine (C=N–C) groups is 1. The van der Waals surface area contributed by atoms with E-state index in [2.05, 4.69) is 69.5 Å². The second-order valence-electron chi connectivity index (χ2n) is 10.2. The lowest BCUT2D eigenvalue weighted by Crippen LogP contribution is -2.62.